The molecule has 1 atom stereocenters. The summed E-state index contributed by atoms with van der Waals surface area (Å²) in [5.74, 6) is 0.678. The Balaban J connectivity index is 2.04. The summed E-state index contributed by atoms with van der Waals surface area (Å²) in [7, 11) is 0. The number of pyridine rings is 1. The van der Waals surface area contributed by atoms with E-state index in [4.69, 9.17) is 12.2 Å². The van der Waals surface area contributed by atoms with Crippen molar-refractivity contribution in [2.45, 2.75) is 33.2 Å². The average molecular weight is 290 g/mol. The highest BCUT2D eigenvalue weighted by Crippen LogP contribution is 2.07. The summed E-state index contributed by atoms with van der Waals surface area (Å²) in [5, 5.41) is 7.86. The van der Waals surface area contributed by atoms with Crippen molar-refractivity contribution in [1.29, 1.82) is 0 Å². The summed E-state index contributed by atoms with van der Waals surface area (Å²) in [5.41, 5.74) is 5.10. The summed E-state index contributed by atoms with van der Waals surface area (Å²) in [6, 6.07) is 4.11. The summed E-state index contributed by atoms with van der Waals surface area (Å²) in [6.07, 6.45) is 2.71. The van der Waals surface area contributed by atoms with E-state index in [0.717, 1.165) is 17.6 Å². The number of rotatable bonds is 4. The first-order valence-electron chi connectivity index (χ1n) is 6.52. The van der Waals surface area contributed by atoms with E-state index in [0.29, 0.717) is 22.6 Å². The summed E-state index contributed by atoms with van der Waals surface area (Å²) in [6.45, 7) is 6.02. The molecule has 3 N–H and O–H groups in total. The molecule has 2 rings (SSSR count). The van der Waals surface area contributed by atoms with Gasteiger partial charge in [-0.3, -0.25) is 5.43 Å². The van der Waals surface area contributed by atoms with E-state index in [2.05, 4.69) is 44.6 Å². The van der Waals surface area contributed by atoms with Gasteiger partial charge in [0.1, 0.15) is 5.71 Å². The Morgan fingerprint density at radius 2 is 2.35 bits per heavy atom. The van der Waals surface area contributed by atoms with Gasteiger partial charge in [0.25, 0.3) is 0 Å². The molecule has 0 bridgehead atoms. The highest BCUT2D eigenvalue weighted by Gasteiger charge is 2.06. The smallest absolute Gasteiger partial charge is 0.187 e. The first kappa shape index (κ1) is 14.4. The zero-order valence-electron chi connectivity index (χ0n) is 11.8. The molecule has 20 heavy (non-hydrogen) atoms. The molecule has 0 fully saturated rings. The van der Waals surface area contributed by atoms with Crippen molar-refractivity contribution in [3.63, 3.8) is 0 Å². The SMILES string of the molecule is CCC(C)NC(=S)NN=C(C)c1nc2ncccc2[nH]1. The van der Waals surface area contributed by atoms with Crippen molar-refractivity contribution in [2.75, 3.05) is 0 Å². The third kappa shape index (κ3) is 3.51. The number of hydrogen-bond acceptors (Lipinski definition) is 4. The van der Waals surface area contributed by atoms with Crippen molar-refractivity contribution in [2.24, 2.45) is 5.10 Å². The quantitative estimate of drug-likeness (QED) is 0.456. The molecule has 0 amide bonds. The highest BCUT2D eigenvalue weighted by atomic mass is 32.1. The third-order valence-electron chi connectivity index (χ3n) is 2.92. The van der Waals surface area contributed by atoms with Crippen LogP contribution in [0.1, 0.15) is 33.0 Å². The fraction of sp³-hybridized carbons (Fsp3) is 0.385. The molecule has 0 radical (unpaired) electrons. The normalized spacial score (nSPS) is 13.2. The van der Waals surface area contributed by atoms with E-state index in [-0.39, 0.29) is 0 Å². The van der Waals surface area contributed by atoms with E-state index in [1.807, 2.05) is 19.1 Å². The number of nitrogens with zero attached hydrogens (tertiary/aromatic N) is 3. The van der Waals surface area contributed by atoms with Crippen LogP contribution in [-0.4, -0.2) is 31.8 Å². The van der Waals surface area contributed by atoms with Crippen molar-refractivity contribution < 1.29 is 0 Å². The van der Waals surface area contributed by atoms with E-state index < -0.39 is 0 Å². The predicted molar refractivity (Wildman–Crippen MR) is 84.7 cm³/mol. The molecule has 7 heteroatoms. The Labute approximate surface area is 123 Å². The largest absolute Gasteiger partial charge is 0.359 e. The van der Waals surface area contributed by atoms with E-state index in [1.54, 1.807) is 6.20 Å². The van der Waals surface area contributed by atoms with Gasteiger partial charge in [-0.05, 0) is 44.6 Å². The second-order valence-corrected chi connectivity index (χ2v) is 4.96. The van der Waals surface area contributed by atoms with Crippen LogP contribution in [0, 0.1) is 0 Å². The van der Waals surface area contributed by atoms with Crippen LogP contribution in [0.15, 0.2) is 23.4 Å². The maximum absolute atomic E-state index is 5.16. The zero-order valence-corrected chi connectivity index (χ0v) is 12.6. The maximum atomic E-state index is 5.16. The molecule has 2 heterocycles. The topological polar surface area (TPSA) is 78.0 Å². The summed E-state index contributed by atoms with van der Waals surface area (Å²) < 4.78 is 0. The van der Waals surface area contributed by atoms with Crippen LogP contribution in [0.5, 0.6) is 0 Å². The minimum absolute atomic E-state index is 0.320. The number of nitrogens with one attached hydrogen (secondary N) is 3. The molecule has 0 aliphatic heterocycles. The van der Waals surface area contributed by atoms with Gasteiger partial charge >= 0.3 is 0 Å². The first-order chi connectivity index (χ1) is 9.60. The van der Waals surface area contributed by atoms with Gasteiger partial charge in [-0.1, -0.05) is 6.92 Å². The van der Waals surface area contributed by atoms with Crippen LogP contribution in [0.4, 0.5) is 0 Å². The molecule has 1 unspecified atom stereocenters. The van der Waals surface area contributed by atoms with Crippen molar-refractivity contribution in [3.05, 3.63) is 24.2 Å². The van der Waals surface area contributed by atoms with Gasteiger partial charge in [0.05, 0.1) is 5.52 Å². The number of hydrogen-bond donors (Lipinski definition) is 3. The first-order valence-corrected chi connectivity index (χ1v) is 6.93. The Hall–Kier alpha value is -2.02. The van der Waals surface area contributed by atoms with Gasteiger partial charge < -0.3 is 10.3 Å². The maximum Gasteiger partial charge on any atom is 0.187 e. The standard InChI is InChI=1S/C13H18N6S/c1-4-8(2)15-13(20)19-18-9(3)11-16-10-6-5-7-14-12(10)17-11/h5-8H,4H2,1-3H3,(H,14,16,17)(H2,15,19,20). The van der Waals surface area contributed by atoms with E-state index >= 15 is 0 Å². The highest BCUT2D eigenvalue weighted by molar-refractivity contribution is 7.80. The van der Waals surface area contributed by atoms with E-state index in [9.17, 15) is 0 Å². The lowest BCUT2D eigenvalue weighted by Crippen LogP contribution is -2.38. The second kappa shape index (κ2) is 6.42. The lowest BCUT2D eigenvalue weighted by molar-refractivity contribution is 0.635. The number of aromatic amines is 1. The minimum Gasteiger partial charge on any atom is -0.359 e. The molecule has 2 aromatic heterocycles. The van der Waals surface area contributed by atoms with Crippen LogP contribution < -0.4 is 10.7 Å². The van der Waals surface area contributed by atoms with Crippen molar-refractivity contribution in [1.82, 2.24) is 25.7 Å². The number of aromatic nitrogens is 3. The van der Waals surface area contributed by atoms with Gasteiger partial charge in [-0.25, -0.2) is 9.97 Å². The van der Waals surface area contributed by atoms with Crippen LogP contribution in [0.3, 0.4) is 0 Å². The van der Waals surface area contributed by atoms with Gasteiger partial charge in [0.2, 0.25) is 0 Å². The number of thiocarbonyl (C=S) groups is 1. The number of imidazole rings is 1. The number of fused-ring (bicyclic) bond motifs is 1. The van der Waals surface area contributed by atoms with Gasteiger partial charge in [0.15, 0.2) is 16.6 Å². The van der Waals surface area contributed by atoms with Gasteiger partial charge in [0, 0.05) is 12.2 Å². The molecule has 2 aromatic rings. The molecule has 0 aliphatic rings. The molecule has 0 spiro atoms. The van der Waals surface area contributed by atoms with Crippen LogP contribution >= 0.6 is 12.2 Å². The zero-order chi connectivity index (χ0) is 14.5. The minimum atomic E-state index is 0.320. The lowest BCUT2D eigenvalue weighted by atomic mass is 10.3. The molecule has 0 aliphatic carbocycles. The second-order valence-electron chi connectivity index (χ2n) is 4.55. The van der Waals surface area contributed by atoms with Crippen molar-refractivity contribution in [3.8, 4) is 0 Å². The number of hydrazone groups is 1. The number of H-pyrrole nitrogens is 1. The third-order valence-corrected chi connectivity index (χ3v) is 3.12. The lowest BCUT2D eigenvalue weighted by Gasteiger charge is -2.12. The average Bonchev–Trinajstić information content (AvgIpc) is 2.88. The molecule has 6 nitrogen and oxygen atoms in total. The Morgan fingerprint density at radius 1 is 1.55 bits per heavy atom. The van der Waals surface area contributed by atoms with Crippen LogP contribution in [0.25, 0.3) is 11.2 Å². The molecule has 0 saturated heterocycles. The molecular formula is C13H18N6S. The molecule has 0 saturated carbocycles. The van der Waals surface area contributed by atoms with E-state index in [1.165, 1.54) is 0 Å². The molecule has 106 valence electrons. The van der Waals surface area contributed by atoms with Gasteiger partial charge in [-0.2, -0.15) is 5.10 Å². The van der Waals surface area contributed by atoms with Crippen LogP contribution in [0.2, 0.25) is 0 Å². The molecular weight excluding hydrogens is 272 g/mol. The summed E-state index contributed by atoms with van der Waals surface area (Å²) in [4.78, 5) is 11.7. The predicted octanol–water partition coefficient (Wildman–Crippen LogP) is 1.94. The Kier molecular flexibility index (Phi) is 4.62. The molecule has 0 aromatic carbocycles. The Bertz CT molecular complexity index is 600. The monoisotopic (exact) mass is 290 g/mol. The Morgan fingerprint density at radius 3 is 3.05 bits per heavy atom. The fourth-order valence-electron chi connectivity index (χ4n) is 1.56. The van der Waals surface area contributed by atoms with Crippen molar-refractivity contribution >= 4 is 34.2 Å². The van der Waals surface area contributed by atoms with Gasteiger partial charge in [-0.15, -0.1) is 0 Å². The summed E-state index contributed by atoms with van der Waals surface area (Å²) >= 11 is 5.16. The fourth-order valence-corrected chi connectivity index (χ4v) is 1.81. The van der Waals surface area contributed by atoms with Crippen LogP contribution in [-0.2, 0) is 0 Å².